The SMILES string of the molecule is Cc1ccc(/C=C(\C#N)C(=O)OCC(=O)Nc2ccc3c(c2)CCC3)cc1. The molecule has 27 heavy (non-hydrogen) atoms. The number of aryl methyl sites for hydroxylation is 3. The Bertz CT molecular complexity index is 937. The standard InChI is InChI=1S/C22H20N2O3/c1-15-5-7-16(8-6-15)11-19(13-23)22(26)27-14-21(25)24-20-10-9-17-3-2-4-18(17)12-20/h5-12H,2-4,14H2,1H3,(H,24,25)/b19-11+. The van der Waals surface area contributed by atoms with Crippen LogP contribution >= 0.6 is 0 Å². The first-order valence-electron chi connectivity index (χ1n) is 8.82. The van der Waals surface area contributed by atoms with Crippen LogP contribution in [0, 0.1) is 18.3 Å². The van der Waals surface area contributed by atoms with E-state index in [0.29, 0.717) is 5.69 Å². The number of nitrogens with zero attached hydrogens (tertiary/aromatic N) is 1. The molecule has 1 N–H and O–H groups in total. The van der Waals surface area contributed by atoms with Crippen LogP contribution in [0.5, 0.6) is 0 Å². The quantitative estimate of drug-likeness (QED) is 0.502. The van der Waals surface area contributed by atoms with E-state index in [0.717, 1.165) is 30.4 Å². The van der Waals surface area contributed by atoms with Gasteiger partial charge in [-0.15, -0.1) is 0 Å². The zero-order chi connectivity index (χ0) is 19.2. The number of carbonyl (C=O) groups is 2. The highest BCUT2D eigenvalue weighted by Gasteiger charge is 2.15. The van der Waals surface area contributed by atoms with Crippen LogP contribution in [0.4, 0.5) is 5.69 Å². The summed E-state index contributed by atoms with van der Waals surface area (Å²) < 4.78 is 4.98. The summed E-state index contributed by atoms with van der Waals surface area (Å²) in [6.45, 7) is 1.51. The Morgan fingerprint density at radius 1 is 1.15 bits per heavy atom. The number of hydrogen-bond acceptors (Lipinski definition) is 4. The number of rotatable bonds is 5. The molecule has 5 heteroatoms. The molecule has 1 aliphatic carbocycles. The Morgan fingerprint density at radius 3 is 2.63 bits per heavy atom. The number of ether oxygens (including phenoxy) is 1. The summed E-state index contributed by atoms with van der Waals surface area (Å²) in [4.78, 5) is 24.1. The maximum absolute atomic E-state index is 12.1. The zero-order valence-corrected chi connectivity index (χ0v) is 15.1. The number of carbonyl (C=O) groups excluding carboxylic acids is 2. The summed E-state index contributed by atoms with van der Waals surface area (Å²) >= 11 is 0. The Hall–Kier alpha value is -3.39. The van der Waals surface area contributed by atoms with Gasteiger partial charge in [0.15, 0.2) is 6.61 Å². The molecule has 136 valence electrons. The molecule has 0 aromatic heterocycles. The highest BCUT2D eigenvalue weighted by atomic mass is 16.5. The molecule has 0 unspecified atom stereocenters. The fourth-order valence-corrected chi connectivity index (χ4v) is 3.02. The number of nitriles is 1. The van der Waals surface area contributed by atoms with Crippen LogP contribution < -0.4 is 5.32 Å². The molecule has 1 amide bonds. The zero-order valence-electron chi connectivity index (χ0n) is 15.1. The monoisotopic (exact) mass is 360 g/mol. The molecule has 0 fully saturated rings. The van der Waals surface area contributed by atoms with Crippen LogP contribution in [0.2, 0.25) is 0 Å². The van der Waals surface area contributed by atoms with Crippen LogP contribution in [0.15, 0.2) is 48.0 Å². The minimum absolute atomic E-state index is 0.149. The fraction of sp³-hybridized carbons (Fsp3) is 0.227. The van der Waals surface area contributed by atoms with Crippen molar-refractivity contribution in [1.82, 2.24) is 0 Å². The van der Waals surface area contributed by atoms with Crippen molar-refractivity contribution in [3.63, 3.8) is 0 Å². The lowest BCUT2D eigenvalue weighted by molar-refractivity contribution is -0.142. The van der Waals surface area contributed by atoms with Gasteiger partial charge in [0, 0.05) is 5.69 Å². The lowest BCUT2D eigenvalue weighted by Crippen LogP contribution is -2.21. The van der Waals surface area contributed by atoms with Crippen molar-refractivity contribution in [2.45, 2.75) is 26.2 Å². The summed E-state index contributed by atoms with van der Waals surface area (Å²) in [6.07, 6.45) is 4.67. The first kappa shape index (κ1) is 18.4. The van der Waals surface area contributed by atoms with E-state index in [-0.39, 0.29) is 5.57 Å². The average molecular weight is 360 g/mol. The first-order valence-corrected chi connectivity index (χ1v) is 8.82. The molecule has 5 nitrogen and oxygen atoms in total. The molecule has 0 radical (unpaired) electrons. The van der Waals surface area contributed by atoms with Gasteiger partial charge in [-0.2, -0.15) is 5.26 Å². The predicted molar refractivity (Wildman–Crippen MR) is 103 cm³/mol. The molecule has 0 spiro atoms. The molecule has 3 rings (SSSR count). The number of anilines is 1. The second-order valence-corrected chi connectivity index (χ2v) is 6.54. The van der Waals surface area contributed by atoms with Crippen LogP contribution in [0.1, 0.15) is 28.7 Å². The number of hydrogen-bond donors (Lipinski definition) is 1. The third kappa shape index (κ3) is 4.83. The number of esters is 1. The van der Waals surface area contributed by atoms with E-state index in [2.05, 4.69) is 5.32 Å². The maximum atomic E-state index is 12.1. The van der Waals surface area contributed by atoms with Crippen molar-refractivity contribution in [3.05, 3.63) is 70.3 Å². The van der Waals surface area contributed by atoms with Gasteiger partial charge in [0.25, 0.3) is 5.91 Å². The number of nitrogens with one attached hydrogen (secondary N) is 1. The highest BCUT2D eigenvalue weighted by molar-refractivity contribution is 6.00. The molecule has 2 aromatic carbocycles. The van der Waals surface area contributed by atoms with E-state index in [1.807, 2.05) is 43.3 Å². The van der Waals surface area contributed by atoms with Crippen LogP contribution in [0.25, 0.3) is 6.08 Å². The Balaban J connectivity index is 1.56. The van der Waals surface area contributed by atoms with Gasteiger partial charge in [0.1, 0.15) is 11.6 Å². The fourth-order valence-electron chi connectivity index (χ4n) is 3.02. The molecule has 2 aromatic rings. The largest absolute Gasteiger partial charge is 0.451 e. The smallest absolute Gasteiger partial charge is 0.349 e. The van der Waals surface area contributed by atoms with Crippen LogP contribution in [0.3, 0.4) is 0 Å². The van der Waals surface area contributed by atoms with E-state index in [9.17, 15) is 14.9 Å². The normalized spacial score (nSPS) is 12.8. The topological polar surface area (TPSA) is 79.2 Å². The van der Waals surface area contributed by atoms with E-state index in [1.54, 1.807) is 12.1 Å². The number of fused-ring (bicyclic) bond motifs is 1. The molecule has 0 heterocycles. The van der Waals surface area contributed by atoms with E-state index in [1.165, 1.54) is 17.2 Å². The second-order valence-electron chi connectivity index (χ2n) is 6.54. The minimum atomic E-state index is -0.817. The summed E-state index contributed by atoms with van der Waals surface area (Å²) in [5, 5.41) is 11.9. The number of benzene rings is 2. The molecule has 0 saturated heterocycles. The third-order valence-electron chi connectivity index (χ3n) is 4.45. The van der Waals surface area contributed by atoms with Crippen molar-refractivity contribution >= 4 is 23.6 Å². The summed E-state index contributed by atoms with van der Waals surface area (Å²) in [7, 11) is 0. The Kier molecular flexibility index (Phi) is 5.68. The second kappa shape index (κ2) is 8.33. The molecule has 1 aliphatic rings. The van der Waals surface area contributed by atoms with Gasteiger partial charge in [0.2, 0.25) is 0 Å². The minimum Gasteiger partial charge on any atom is -0.451 e. The third-order valence-corrected chi connectivity index (χ3v) is 4.45. The van der Waals surface area contributed by atoms with E-state index in [4.69, 9.17) is 4.74 Å². The predicted octanol–water partition coefficient (Wildman–Crippen LogP) is 3.57. The summed E-state index contributed by atoms with van der Waals surface area (Å²) in [5.74, 6) is -1.25. The van der Waals surface area contributed by atoms with Crippen molar-refractivity contribution in [2.75, 3.05) is 11.9 Å². The lowest BCUT2D eigenvalue weighted by Gasteiger charge is -2.08. The van der Waals surface area contributed by atoms with Gasteiger partial charge in [-0.05, 0) is 61.1 Å². The average Bonchev–Trinajstić information content (AvgIpc) is 3.13. The van der Waals surface area contributed by atoms with Gasteiger partial charge in [-0.1, -0.05) is 35.9 Å². The van der Waals surface area contributed by atoms with Gasteiger partial charge < -0.3 is 10.1 Å². The van der Waals surface area contributed by atoms with Crippen LogP contribution in [-0.2, 0) is 27.2 Å². The van der Waals surface area contributed by atoms with Crippen molar-refractivity contribution in [2.24, 2.45) is 0 Å². The van der Waals surface area contributed by atoms with Gasteiger partial charge in [-0.3, -0.25) is 4.79 Å². The van der Waals surface area contributed by atoms with E-state index < -0.39 is 18.5 Å². The van der Waals surface area contributed by atoms with E-state index >= 15 is 0 Å². The molecular formula is C22H20N2O3. The molecule has 0 aliphatic heterocycles. The first-order chi connectivity index (χ1) is 13.0. The Morgan fingerprint density at radius 2 is 1.89 bits per heavy atom. The van der Waals surface area contributed by atoms with Crippen molar-refractivity contribution < 1.29 is 14.3 Å². The Labute approximate surface area is 158 Å². The van der Waals surface area contributed by atoms with Gasteiger partial charge in [0.05, 0.1) is 0 Å². The maximum Gasteiger partial charge on any atom is 0.349 e. The lowest BCUT2D eigenvalue weighted by atomic mass is 10.1. The highest BCUT2D eigenvalue weighted by Crippen LogP contribution is 2.24. The molecule has 0 saturated carbocycles. The summed E-state index contributed by atoms with van der Waals surface area (Å²) in [5.41, 5.74) is 4.90. The molecule has 0 atom stereocenters. The molecule has 0 bridgehead atoms. The van der Waals surface area contributed by atoms with Crippen LogP contribution in [-0.4, -0.2) is 18.5 Å². The van der Waals surface area contributed by atoms with Crippen molar-refractivity contribution in [3.8, 4) is 6.07 Å². The summed E-state index contributed by atoms with van der Waals surface area (Å²) in [6, 6.07) is 15.0. The van der Waals surface area contributed by atoms with Gasteiger partial charge in [-0.25, -0.2) is 4.79 Å². The molecular weight excluding hydrogens is 340 g/mol. The van der Waals surface area contributed by atoms with Gasteiger partial charge >= 0.3 is 5.97 Å². The van der Waals surface area contributed by atoms with Crippen molar-refractivity contribution in [1.29, 1.82) is 5.26 Å². The number of amides is 1.